The predicted octanol–water partition coefficient (Wildman–Crippen LogP) is 3.21. The van der Waals surface area contributed by atoms with E-state index >= 15 is 0 Å². The highest BCUT2D eigenvalue weighted by atomic mass is 19.1. The molecule has 1 heterocycles. The molecule has 1 aromatic heterocycles. The Kier molecular flexibility index (Phi) is 3.23. The van der Waals surface area contributed by atoms with Gasteiger partial charge in [-0.1, -0.05) is 12.1 Å². The molecule has 0 atom stereocenters. The summed E-state index contributed by atoms with van der Waals surface area (Å²) in [6.45, 7) is 0. The Bertz CT molecular complexity index is 827. The number of anilines is 2. The fourth-order valence-corrected chi connectivity index (χ4v) is 2.14. The van der Waals surface area contributed by atoms with Crippen molar-refractivity contribution in [1.29, 1.82) is 0 Å². The number of rotatable bonds is 2. The molecule has 3 rings (SSSR count). The van der Waals surface area contributed by atoms with Crippen LogP contribution in [0.4, 0.5) is 15.8 Å². The van der Waals surface area contributed by atoms with E-state index in [2.05, 4.69) is 10.3 Å². The molecule has 0 saturated carbocycles. The van der Waals surface area contributed by atoms with E-state index in [1.165, 1.54) is 12.1 Å². The number of hydrogen-bond donors (Lipinski definition) is 2. The number of nitrogens with two attached hydrogens (primary N) is 1. The lowest BCUT2D eigenvalue weighted by atomic mass is 10.1. The zero-order chi connectivity index (χ0) is 14.8. The lowest BCUT2D eigenvalue weighted by Crippen LogP contribution is -2.14. The number of hydrogen-bond acceptors (Lipinski definition) is 3. The number of amides is 1. The number of carbonyl (C=O) groups is 1. The molecule has 0 aliphatic carbocycles. The number of benzene rings is 2. The zero-order valence-corrected chi connectivity index (χ0v) is 11.0. The number of nitrogens with one attached hydrogen (secondary N) is 1. The van der Waals surface area contributed by atoms with Crippen LogP contribution in [-0.4, -0.2) is 10.9 Å². The van der Waals surface area contributed by atoms with Gasteiger partial charge in [-0.3, -0.25) is 9.78 Å². The molecule has 21 heavy (non-hydrogen) atoms. The van der Waals surface area contributed by atoms with Crippen LogP contribution in [0.5, 0.6) is 0 Å². The minimum Gasteiger partial charge on any atom is -0.398 e. The first-order valence-corrected chi connectivity index (χ1v) is 6.34. The van der Waals surface area contributed by atoms with Crippen LogP contribution in [0.2, 0.25) is 0 Å². The van der Waals surface area contributed by atoms with Crippen molar-refractivity contribution in [1.82, 2.24) is 4.98 Å². The predicted molar refractivity (Wildman–Crippen MR) is 80.5 cm³/mol. The summed E-state index contributed by atoms with van der Waals surface area (Å²) in [4.78, 5) is 16.3. The van der Waals surface area contributed by atoms with Gasteiger partial charge in [0.15, 0.2) is 0 Å². The number of carbonyl (C=O) groups excluding carboxylic acids is 1. The van der Waals surface area contributed by atoms with E-state index in [9.17, 15) is 9.18 Å². The van der Waals surface area contributed by atoms with Crippen LogP contribution < -0.4 is 11.1 Å². The van der Waals surface area contributed by atoms with Crippen LogP contribution >= 0.6 is 0 Å². The van der Waals surface area contributed by atoms with E-state index in [0.29, 0.717) is 5.69 Å². The molecule has 0 aliphatic rings. The average Bonchev–Trinajstić information content (AvgIpc) is 2.50. The van der Waals surface area contributed by atoms with E-state index < -0.39 is 11.7 Å². The first kappa shape index (κ1) is 13.1. The first-order valence-electron chi connectivity index (χ1n) is 6.34. The minimum absolute atomic E-state index is 0.107. The van der Waals surface area contributed by atoms with Crippen molar-refractivity contribution in [3.63, 3.8) is 0 Å². The molecule has 0 fully saturated rings. The highest BCUT2D eigenvalue weighted by Gasteiger charge is 2.12. The normalized spacial score (nSPS) is 10.5. The van der Waals surface area contributed by atoms with Crippen molar-refractivity contribution in [3.8, 4) is 0 Å². The number of fused-ring (bicyclic) bond motifs is 1. The van der Waals surface area contributed by atoms with Gasteiger partial charge in [-0.2, -0.15) is 0 Å². The number of nitrogens with zero attached hydrogens (tertiary/aromatic N) is 1. The van der Waals surface area contributed by atoms with E-state index in [4.69, 9.17) is 5.73 Å². The highest BCUT2D eigenvalue weighted by Crippen LogP contribution is 2.23. The molecule has 0 aliphatic heterocycles. The summed E-state index contributed by atoms with van der Waals surface area (Å²) in [6.07, 6.45) is 3.35. The number of nitrogen functional groups attached to an aromatic ring is 1. The van der Waals surface area contributed by atoms with Gasteiger partial charge in [-0.05, 0) is 35.7 Å². The largest absolute Gasteiger partial charge is 0.398 e. The summed E-state index contributed by atoms with van der Waals surface area (Å²) in [6, 6.07) is 11.1. The Hall–Kier alpha value is -2.95. The summed E-state index contributed by atoms with van der Waals surface area (Å²) in [7, 11) is 0. The Morgan fingerprint density at radius 1 is 1.19 bits per heavy atom. The fraction of sp³-hybridized carbons (Fsp3) is 0. The maximum Gasteiger partial charge on any atom is 0.257 e. The van der Waals surface area contributed by atoms with E-state index in [1.807, 2.05) is 18.2 Å². The van der Waals surface area contributed by atoms with Crippen LogP contribution in [0.1, 0.15) is 10.4 Å². The standard InChI is InChI=1S/C16H12FN3O/c17-11-4-5-14(18)12(8-11)16(21)20-15-3-1-2-10-6-7-19-9-13(10)15/h1-9H,18H2,(H,20,21). The summed E-state index contributed by atoms with van der Waals surface area (Å²) in [5.74, 6) is -0.961. The third kappa shape index (κ3) is 2.53. The lowest BCUT2D eigenvalue weighted by Gasteiger charge is -2.10. The highest BCUT2D eigenvalue weighted by molar-refractivity contribution is 6.11. The minimum atomic E-state index is -0.506. The van der Waals surface area contributed by atoms with Gasteiger partial charge in [0.05, 0.1) is 11.3 Å². The Balaban J connectivity index is 1.99. The molecule has 104 valence electrons. The van der Waals surface area contributed by atoms with E-state index in [-0.39, 0.29) is 11.3 Å². The first-order chi connectivity index (χ1) is 10.1. The third-order valence-corrected chi connectivity index (χ3v) is 3.19. The van der Waals surface area contributed by atoms with Crippen molar-refractivity contribution in [2.45, 2.75) is 0 Å². The van der Waals surface area contributed by atoms with Gasteiger partial charge in [0.2, 0.25) is 0 Å². The second-order valence-corrected chi connectivity index (χ2v) is 4.59. The fourth-order valence-electron chi connectivity index (χ4n) is 2.14. The molecule has 0 saturated heterocycles. The smallest absolute Gasteiger partial charge is 0.257 e. The van der Waals surface area contributed by atoms with Crippen LogP contribution in [0, 0.1) is 5.82 Å². The van der Waals surface area contributed by atoms with Crippen LogP contribution in [-0.2, 0) is 0 Å². The summed E-state index contributed by atoms with van der Waals surface area (Å²) >= 11 is 0. The van der Waals surface area contributed by atoms with Crippen molar-refractivity contribution in [2.24, 2.45) is 0 Å². The quantitative estimate of drug-likeness (QED) is 0.709. The summed E-state index contributed by atoms with van der Waals surface area (Å²) in [5, 5.41) is 4.51. The van der Waals surface area contributed by atoms with Gasteiger partial charge in [-0.15, -0.1) is 0 Å². The maximum atomic E-state index is 13.3. The van der Waals surface area contributed by atoms with Crippen LogP contribution in [0.15, 0.2) is 54.9 Å². The van der Waals surface area contributed by atoms with Gasteiger partial charge in [0.1, 0.15) is 5.82 Å². The average molecular weight is 281 g/mol. The molecule has 3 aromatic rings. The van der Waals surface area contributed by atoms with Crippen LogP contribution in [0.25, 0.3) is 10.8 Å². The molecule has 1 amide bonds. The molecule has 3 N–H and O–H groups in total. The number of halogens is 1. The lowest BCUT2D eigenvalue weighted by molar-refractivity contribution is 0.102. The molecule has 5 heteroatoms. The van der Waals surface area contributed by atoms with E-state index in [1.54, 1.807) is 18.5 Å². The van der Waals surface area contributed by atoms with Crippen molar-refractivity contribution in [2.75, 3.05) is 11.1 Å². The zero-order valence-electron chi connectivity index (χ0n) is 11.0. The monoisotopic (exact) mass is 281 g/mol. The topological polar surface area (TPSA) is 68.0 Å². The third-order valence-electron chi connectivity index (χ3n) is 3.19. The molecular weight excluding hydrogens is 269 g/mol. The summed E-state index contributed by atoms with van der Waals surface area (Å²) in [5.41, 5.74) is 6.66. The Morgan fingerprint density at radius 2 is 2.05 bits per heavy atom. The van der Waals surface area contributed by atoms with Crippen molar-refractivity contribution >= 4 is 28.1 Å². The molecular formula is C16H12FN3O. The molecule has 0 unspecified atom stereocenters. The molecule has 0 bridgehead atoms. The van der Waals surface area contributed by atoms with Gasteiger partial charge in [-0.25, -0.2) is 4.39 Å². The SMILES string of the molecule is Nc1ccc(F)cc1C(=O)Nc1cccc2ccncc12. The molecule has 4 nitrogen and oxygen atoms in total. The second kappa shape index (κ2) is 5.20. The van der Waals surface area contributed by atoms with Gasteiger partial charge in [0.25, 0.3) is 5.91 Å². The molecule has 0 radical (unpaired) electrons. The molecule has 0 spiro atoms. The maximum absolute atomic E-state index is 13.3. The Labute approximate surface area is 120 Å². The number of pyridine rings is 1. The van der Waals surface area contributed by atoms with Crippen molar-refractivity contribution < 1.29 is 9.18 Å². The number of aromatic nitrogens is 1. The van der Waals surface area contributed by atoms with Gasteiger partial charge in [0, 0.05) is 23.5 Å². The summed E-state index contributed by atoms with van der Waals surface area (Å²) < 4.78 is 13.3. The van der Waals surface area contributed by atoms with E-state index in [0.717, 1.165) is 16.8 Å². The van der Waals surface area contributed by atoms with Gasteiger partial charge < -0.3 is 11.1 Å². The second-order valence-electron chi connectivity index (χ2n) is 4.59. The van der Waals surface area contributed by atoms with Gasteiger partial charge >= 0.3 is 0 Å². The molecule has 2 aromatic carbocycles. The Morgan fingerprint density at radius 3 is 2.90 bits per heavy atom. The van der Waals surface area contributed by atoms with Crippen LogP contribution in [0.3, 0.4) is 0 Å². The van der Waals surface area contributed by atoms with Crippen molar-refractivity contribution in [3.05, 3.63) is 66.2 Å².